The Balaban J connectivity index is 2.23. The van der Waals surface area contributed by atoms with Gasteiger partial charge in [0, 0.05) is 18.7 Å². The molecule has 22 heavy (non-hydrogen) atoms. The van der Waals surface area contributed by atoms with Gasteiger partial charge in [-0.25, -0.2) is 4.79 Å². The van der Waals surface area contributed by atoms with Crippen LogP contribution in [-0.4, -0.2) is 26.2 Å². The van der Waals surface area contributed by atoms with E-state index in [2.05, 4.69) is 5.32 Å². The summed E-state index contributed by atoms with van der Waals surface area (Å²) < 4.78 is 0. The largest absolute Gasteiger partial charge is 0.504 e. The summed E-state index contributed by atoms with van der Waals surface area (Å²) >= 11 is 0. The Labute approximate surface area is 124 Å². The first-order valence-electron chi connectivity index (χ1n) is 6.15. The Morgan fingerprint density at radius 1 is 1.23 bits per heavy atom. The van der Waals surface area contributed by atoms with Gasteiger partial charge in [0.15, 0.2) is 11.5 Å². The molecule has 2 rings (SSSR count). The van der Waals surface area contributed by atoms with Gasteiger partial charge in [0.05, 0.1) is 16.2 Å². The average molecular weight is 304 g/mol. The highest BCUT2D eigenvalue weighted by Crippen LogP contribution is 2.35. The Morgan fingerprint density at radius 3 is 2.59 bits per heavy atom. The summed E-state index contributed by atoms with van der Waals surface area (Å²) in [6.45, 7) is 0.109. The summed E-state index contributed by atoms with van der Waals surface area (Å²) in [4.78, 5) is 21.1. The fourth-order valence-electron chi connectivity index (χ4n) is 1.85. The molecule has 8 heteroatoms. The molecule has 8 nitrogen and oxygen atoms in total. The van der Waals surface area contributed by atoms with Crippen LogP contribution in [-0.2, 0) is 6.54 Å². The number of anilines is 1. The van der Waals surface area contributed by atoms with Gasteiger partial charge in [0.1, 0.15) is 0 Å². The third-order valence-corrected chi connectivity index (χ3v) is 2.94. The molecule has 0 atom stereocenters. The second-order valence-corrected chi connectivity index (χ2v) is 4.48. The van der Waals surface area contributed by atoms with Gasteiger partial charge in [-0.1, -0.05) is 12.1 Å². The summed E-state index contributed by atoms with van der Waals surface area (Å²) in [5, 5.41) is 41.6. The number of non-ortho nitro benzene ring substituents is 1. The summed E-state index contributed by atoms with van der Waals surface area (Å²) in [7, 11) is 0. The highest BCUT2D eigenvalue weighted by atomic mass is 16.6. The number of nitrogens with zero attached hydrogens (tertiary/aromatic N) is 1. The fraction of sp³-hybridized carbons (Fsp3) is 0.0714. The lowest BCUT2D eigenvalue weighted by atomic mass is 10.1. The molecule has 0 heterocycles. The van der Waals surface area contributed by atoms with Crippen molar-refractivity contribution in [2.45, 2.75) is 6.54 Å². The van der Waals surface area contributed by atoms with Crippen LogP contribution in [0.4, 0.5) is 11.4 Å². The minimum atomic E-state index is -1.26. The number of nitrogens with one attached hydrogen (secondary N) is 1. The van der Waals surface area contributed by atoms with Gasteiger partial charge in [-0.2, -0.15) is 0 Å². The van der Waals surface area contributed by atoms with Crippen molar-refractivity contribution in [1.82, 2.24) is 0 Å². The van der Waals surface area contributed by atoms with E-state index in [-0.39, 0.29) is 23.5 Å². The van der Waals surface area contributed by atoms with E-state index in [0.29, 0.717) is 5.56 Å². The number of nitro benzene ring substituents is 1. The van der Waals surface area contributed by atoms with Gasteiger partial charge >= 0.3 is 5.97 Å². The normalized spacial score (nSPS) is 10.2. The lowest BCUT2D eigenvalue weighted by molar-refractivity contribution is -0.384. The number of phenolic OH excluding ortho intramolecular Hbond substituents is 2. The van der Waals surface area contributed by atoms with Gasteiger partial charge in [0.2, 0.25) is 0 Å². The number of carboxylic acid groups (broad SMARTS) is 1. The number of phenols is 2. The number of benzene rings is 2. The number of aromatic carboxylic acids is 1. The van der Waals surface area contributed by atoms with Crippen molar-refractivity contribution in [3.63, 3.8) is 0 Å². The number of nitro groups is 1. The number of hydrogen-bond acceptors (Lipinski definition) is 6. The molecule has 0 aliphatic carbocycles. The minimum Gasteiger partial charge on any atom is -0.504 e. The molecular formula is C14H12N2O6. The van der Waals surface area contributed by atoms with Crippen LogP contribution >= 0.6 is 0 Å². The van der Waals surface area contributed by atoms with Crippen LogP contribution in [0.5, 0.6) is 11.5 Å². The molecule has 0 fully saturated rings. The Morgan fingerprint density at radius 2 is 1.95 bits per heavy atom. The highest BCUT2D eigenvalue weighted by molar-refractivity contribution is 5.90. The van der Waals surface area contributed by atoms with Crippen molar-refractivity contribution < 1.29 is 25.0 Å². The molecule has 0 saturated heterocycles. The second kappa shape index (κ2) is 6.00. The SMILES string of the molecule is O=C(O)c1cc(O)c(O)c(NCc2cccc([N+](=O)[O-])c2)c1. The number of rotatable bonds is 5. The van der Waals surface area contributed by atoms with E-state index in [1.165, 1.54) is 18.2 Å². The van der Waals surface area contributed by atoms with E-state index < -0.39 is 22.4 Å². The van der Waals surface area contributed by atoms with Gasteiger partial charge in [-0.3, -0.25) is 10.1 Å². The molecule has 4 N–H and O–H groups in total. The smallest absolute Gasteiger partial charge is 0.335 e. The highest BCUT2D eigenvalue weighted by Gasteiger charge is 2.13. The first-order valence-corrected chi connectivity index (χ1v) is 6.15. The zero-order valence-electron chi connectivity index (χ0n) is 11.2. The molecule has 114 valence electrons. The standard InChI is InChI=1S/C14H12N2O6/c17-12-6-9(14(19)20)5-11(13(12)18)15-7-8-2-1-3-10(4-8)16(21)22/h1-6,15,17-18H,7H2,(H,19,20). The Kier molecular flexibility index (Phi) is 4.12. The van der Waals surface area contributed by atoms with E-state index in [4.69, 9.17) is 5.11 Å². The maximum absolute atomic E-state index is 10.9. The topological polar surface area (TPSA) is 133 Å². The number of aromatic hydroxyl groups is 2. The maximum atomic E-state index is 10.9. The molecule has 2 aromatic rings. The molecular weight excluding hydrogens is 292 g/mol. The average Bonchev–Trinajstić information content (AvgIpc) is 2.48. The second-order valence-electron chi connectivity index (χ2n) is 4.48. The summed E-state index contributed by atoms with van der Waals surface area (Å²) in [6, 6.07) is 7.94. The molecule has 2 aromatic carbocycles. The zero-order chi connectivity index (χ0) is 16.3. The molecule has 0 unspecified atom stereocenters. The van der Waals surface area contributed by atoms with Crippen molar-refractivity contribution in [1.29, 1.82) is 0 Å². The molecule has 0 bridgehead atoms. The summed E-state index contributed by atoms with van der Waals surface area (Å²) in [6.07, 6.45) is 0. The van der Waals surface area contributed by atoms with Crippen molar-refractivity contribution in [2.24, 2.45) is 0 Å². The van der Waals surface area contributed by atoms with Crippen molar-refractivity contribution in [3.05, 3.63) is 57.6 Å². The lowest BCUT2D eigenvalue weighted by Crippen LogP contribution is -2.03. The van der Waals surface area contributed by atoms with E-state index >= 15 is 0 Å². The minimum absolute atomic E-state index is 0.0175. The number of hydrogen-bond donors (Lipinski definition) is 4. The molecule has 0 saturated carbocycles. The monoisotopic (exact) mass is 304 g/mol. The van der Waals surface area contributed by atoms with Gasteiger partial charge < -0.3 is 20.6 Å². The summed E-state index contributed by atoms with van der Waals surface area (Å²) in [5.74, 6) is -2.31. The fourth-order valence-corrected chi connectivity index (χ4v) is 1.85. The number of carboxylic acids is 1. The zero-order valence-corrected chi connectivity index (χ0v) is 11.2. The summed E-state index contributed by atoms with van der Waals surface area (Å²) in [5.41, 5.74) is 0.306. The molecule has 0 aliphatic rings. The Bertz CT molecular complexity index is 744. The molecule has 0 radical (unpaired) electrons. The predicted molar refractivity (Wildman–Crippen MR) is 77.2 cm³/mol. The van der Waals surface area contributed by atoms with Crippen LogP contribution in [0.15, 0.2) is 36.4 Å². The van der Waals surface area contributed by atoms with Gasteiger partial charge in [-0.15, -0.1) is 0 Å². The third kappa shape index (κ3) is 3.23. The van der Waals surface area contributed by atoms with Crippen molar-refractivity contribution >= 4 is 17.3 Å². The van der Waals surface area contributed by atoms with Crippen LogP contribution in [0.25, 0.3) is 0 Å². The van der Waals surface area contributed by atoms with E-state index in [1.54, 1.807) is 6.07 Å². The number of carbonyl (C=O) groups is 1. The van der Waals surface area contributed by atoms with Crippen LogP contribution in [0.2, 0.25) is 0 Å². The van der Waals surface area contributed by atoms with Crippen LogP contribution in [0.1, 0.15) is 15.9 Å². The van der Waals surface area contributed by atoms with E-state index in [9.17, 15) is 25.1 Å². The van der Waals surface area contributed by atoms with Crippen LogP contribution in [0, 0.1) is 10.1 Å². The molecule has 0 aliphatic heterocycles. The van der Waals surface area contributed by atoms with Gasteiger partial charge in [-0.05, 0) is 17.7 Å². The molecule has 0 aromatic heterocycles. The first kappa shape index (κ1) is 15.1. The lowest BCUT2D eigenvalue weighted by Gasteiger charge is -2.11. The Hall–Kier alpha value is -3.29. The van der Waals surface area contributed by atoms with Crippen LogP contribution < -0.4 is 5.32 Å². The predicted octanol–water partition coefficient (Wildman–Crippen LogP) is 2.32. The molecule has 0 spiro atoms. The van der Waals surface area contributed by atoms with Gasteiger partial charge in [0.25, 0.3) is 5.69 Å². The van der Waals surface area contributed by atoms with Crippen molar-refractivity contribution in [3.8, 4) is 11.5 Å². The van der Waals surface area contributed by atoms with E-state index in [1.807, 2.05) is 0 Å². The third-order valence-electron chi connectivity index (χ3n) is 2.94. The van der Waals surface area contributed by atoms with Crippen LogP contribution in [0.3, 0.4) is 0 Å². The maximum Gasteiger partial charge on any atom is 0.335 e. The first-order chi connectivity index (χ1) is 10.4. The van der Waals surface area contributed by atoms with Crippen molar-refractivity contribution in [2.75, 3.05) is 5.32 Å². The molecule has 0 amide bonds. The van der Waals surface area contributed by atoms with E-state index in [0.717, 1.165) is 12.1 Å². The quantitative estimate of drug-likeness (QED) is 0.378.